The number of carboxylic acids is 2. The molecular formula is C19H28O4. The molecule has 1 fully saturated rings. The molecular weight excluding hydrogens is 292 g/mol. The average molecular weight is 320 g/mol. The van der Waals surface area contributed by atoms with Gasteiger partial charge in [-0.1, -0.05) is 52.2 Å². The van der Waals surface area contributed by atoms with Crippen LogP contribution >= 0.6 is 0 Å². The van der Waals surface area contributed by atoms with E-state index >= 15 is 0 Å². The summed E-state index contributed by atoms with van der Waals surface area (Å²) in [5.74, 6) is -2.18. The van der Waals surface area contributed by atoms with Crippen molar-refractivity contribution in [2.45, 2.75) is 59.3 Å². The molecule has 0 heterocycles. The Hall–Kier alpha value is -1.58. The van der Waals surface area contributed by atoms with Gasteiger partial charge in [0.2, 0.25) is 0 Å². The van der Waals surface area contributed by atoms with Crippen LogP contribution in [0.3, 0.4) is 0 Å². The van der Waals surface area contributed by atoms with Gasteiger partial charge in [0, 0.05) is 5.41 Å². The molecule has 2 aliphatic rings. The first-order chi connectivity index (χ1) is 10.8. The molecule has 0 aromatic carbocycles. The highest BCUT2D eigenvalue weighted by molar-refractivity contribution is 5.93. The molecule has 0 bridgehead atoms. The summed E-state index contributed by atoms with van der Waals surface area (Å²) in [6, 6.07) is 0. The second-order valence-electron chi connectivity index (χ2n) is 7.72. The maximum absolute atomic E-state index is 12.1. The predicted molar refractivity (Wildman–Crippen MR) is 89.1 cm³/mol. The largest absolute Gasteiger partial charge is 0.481 e. The molecule has 2 N–H and O–H groups in total. The van der Waals surface area contributed by atoms with E-state index in [0.29, 0.717) is 11.5 Å². The number of aliphatic carboxylic acids is 2. The summed E-state index contributed by atoms with van der Waals surface area (Å²) in [7, 11) is 0. The average Bonchev–Trinajstić information content (AvgIpc) is 2.45. The second kappa shape index (κ2) is 6.90. The van der Waals surface area contributed by atoms with Crippen LogP contribution in [-0.4, -0.2) is 22.2 Å². The van der Waals surface area contributed by atoms with Crippen LogP contribution in [0.1, 0.15) is 59.3 Å². The van der Waals surface area contributed by atoms with Crippen LogP contribution in [0, 0.1) is 23.2 Å². The van der Waals surface area contributed by atoms with E-state index in [0.717, 1.165) is 38.5 Å². The van der Waals surface area contributed by atoms with Gasteiger partial charge in [-0.3, -0.25) is 4.79 Å². The molecule has 2 aliphatic carbocycles. The first kappa shape index (κ1) is 17.8. The molecule has 0 aromatic heterocycles. The molecule has 23 heavy (non-hydrogen) atoms. The Bertz CT molecular complexity index is 538. The topological polar surface area (TPSA) is 74.6 Å². The number of carboxylic acid groups (broad SMARTS) is 2. The van der Waals surface area contributed by atoms with E-state index in [1.54, 1.807) is 6.08 Å². The summed E-state index contributed by atoms with van der Waals surface area (Å²) in [5.41, 5.74) is 0.354. The van der Waals surface area contributed by atoms with Gasteiger partial charge in [-0.2, -0.15) is 0 Å². The zero-order chi connectivity index (χ0) is 17.2. The fourth-order valence-electron chi connectivity index (χ4n) is 4.52. The standard InChI is InChI=1S/C19H28O4/c1-12(2)11-19(3)10-9-14(17(20)21)15(16(19)18(22)23)13-7-5-4-6-8-13/h9-10,12-13,16H,4-8,11H2,1-3H3,(H,20,21)(H,22,23). The Morgan fingerprint density at radius 3 is 2.30 bits per heavy atom. The molecule has 128 valence electrons. The van der Waals surface area contributed by atoms with Gasteiger partial charge in [0.25, 0.3) is 0 Å². The second-order valence-corrected chi connectivity index (χ2v) is 7.72. The van der Waals surface area contributed by atoms with E-state index in [-0.39, 0.29) is 11.5 Å². The lowest BCUT2D eigenvalue weighted by molar-refractivity contribution is -0.144. The van der Waals surface area contributed by atoms with Gasteiger partial charge in [0.1, 0.15) is 0 Å². The van der Waals surface area contributed by atoms with Gasteiger partial charge in [-0.05, 0) is 36.7 Å². The fraction of sp³-hybridized carbons (Fsp3) is 0.684. The number of hydrogen-bond donors (Lipinski definition) is 2. The van der Waals surface area contributed by atoms with E-state index in [2.05, 4.69) is 13.8 Å². The molecule has 1 saturated carbocycles. The van der Waals surface area contributed by atoms with Crippen LogP contribution in [0.5, 0.6) is 0 Å². The number of hydrogen-bond acceptors (Lipinski definition) is 2. The number of carbonyl (C=O) groups is 2. The van der Waals surface area contributed by atoms with Gasteiger partial charge < -0.3 is 10.2 Å². The molecule has 0 spiro atoms. The Labute approximate surface area is 138 Å². The Morgan fingerprint density at radius 2 is 1.83 bits per heavy atom. The van der Waals surface area contributed by atoms with Crippen molar-refractivity contribution >= 4 is 11.9 Å². The third-order valence-corrected chi connectivity index (χ3v) is 5.28. The monoisotopic (exact) mass is 320 g/mol. The number of allylic oxidation sites excluding steroid dienone is 1. The van der Waals surface area contributed by atoms with Gasteiger partial charge in [-0.25, -0.2) is 4.79 Å². The van der Waals surface area contributed by atoms with E-state index in [1.165, 1.54) is 0 Å². The van der Waals surface area contributed by atoms with E-state index in [9.17, 15) is 19.8 Å². The lowest BCUT2D eigenvalue weighted by Crippen LogP contribution is -2.40. The van der Waals surface area contributed by atoms with Gasteiger partial charge >= 0.3 is 11.9 Å². The third kappa shape index (κ3) is 3.67. The minimum atomic E-state index is -1.00. The molecule has 0 amide bonds. The van der Waals surface area contributed by atoms with Crippen molar-refractivity contribution in [2.75, 3.05) is 0 Å². The minimum absolute atomic E-state index is 0.0902. The van der Waals surface area contributed by atoms with E-state index < -0.39 is 23.3 Å². The summed E-state index contributed by atoms with van der Waals surface area (Å²) in [6.45, 7) is 6.12. The molecule has 0 radical (unpaired) electrons. The summed E-state index contributed by atoms with van der Waals surface area (Å²) in [5, 5.41) is 19.5. The molecule has 0 aromatic rings. The zero-order valence-corrected chi connectivity index (χ0v) is 14.3. The first-order valence-electron chi connectivity index (χ1n) is 8.65. The van der Waals surface area contributed by atoms with Crippen molar-refractivity contribution in [3.63, 3.8) is 0 Å². The lowest BCUT2D eigenvalue weighted by atomic mass is 9.61. The molecule has 2 rings (SSSR count). The van der Waals surface area contributed by atoms with Crippen LogP contribution in [0.25, 0.3) is 0 Å². The molecule has 2 atom stereocenters. The number of rotatable bonds is 5. The quantitative estimate of drug-likeness (QED) is 0.793. The predicted octanol–water partition coefficient (Wildman–Crippen LogP) is 4.27. The van der Waals surface area contributed by atoms with Crippen molar-refractivity contribution in [1.82, 2.24) is 0 Å². The molecule has 2 unspecified atom stereocenters. The van der Waals surface area contributed by atoms with Gasteiger partial charge in [0.05, 0.1) is 11.5 Å². The molecule has 4 heteroatoms. The van der Waals surface area contributed by atoms with Crippen molar-refractivity contribution in [1.29, 1.82) is 0 Å². The smallest absolute Gasteiger partial charge is 0.335 e. The van der Waals surface area contributed by atoms with E-state index in [4.69, 9.17) is 0 Å². The summed E-state index contributed by atoms with van der Waals surface area (Å²) in [4.78, 5) is 23.8. The Morgan fingerprint density at radius 1 is 1.22 bits per heavy atom. The van der Waals surface area contributed by atoms with Crippen molar-refractivity contribution in [2.24, 2.45) is 23.2 Å². The van der Waals surface area contributed by atoms with Gasteiger partial charge in [0.15, 0.2) is 0 Å². The van der Waals surface area contributed by atoms with Crippen molar-refractivity contribution in [3.05, 3.63) is 23.3 Å². The van der Waals surface area contributed by atoms with E-state index in [1.807, 2.05) is 13.0 Å². The van der Waals surface area contributed by atoms with Crippen LogP contribution in [0.4, 0.5) is 0 Å². The minimum Gasteiger partial charge on any atom is -0.481 e. The van der Waals surface area contributed by atoms with Crippen LogP contribution in [-0.2, 0) is 9.59 Å². The molecule has 4 nitrogen and oxygen atoms in total. The highest BCUT2D eigenvalue weighted by Gasteiger charge is 2.46. The lowest BCUT2D eigenvalue weighted by Gasteiger charge is -2.42. The highest BCUT2D eigenvalue weighted by atomic mass is 16.4. The Balaban J connectivity index is 2.52. The SMILES string of the molecule is CC(C)CC1(C)C=CC(C(=O)O)=C(C2CCCCC2)C1C(=O)O. The summed E-state index contributed by atoms with van der Waals surface area (Å²) in [6.07, 6.45) is 9.29. The first-order valence-corrected chi connectivity index (χ1v) is 8.65. The summed E-state index contributed by atoms with van der Waals surface area (Å²) >= 11 is 0. The van der Waals surface area contributed by atoms with Crippen LogP contribution < -0.4 is 0 Å². The Kier molecular flexibility index (Phi) is 5.33. The zero-order valence-electron chi connectivity index (χ0n) is 14.3. The van der Waals surface area contributed by atoms with Crippen LogP contribution in [0.2, 0.25) is 0 Å². The normalized spacial score (nSPS) is 29.1. The van der Waals surface area contributed by atoms with Gasteiger partial charge in [-0.15, -0.1) is 0 Å². The van der Waals surface area contributed by atoms with Crippen molar-refractivity contribution in [3.8, 4) is 0 Å². The van der Waals surface area contributed by atoms with Crippen molar-refractivity contribution < 1.29 is 19.8 Å². The third-order valence-electron chi connectivity index (χ3n) is 5.28. The molecule has 0 aliphatic heterocycles. The van der Waals surface area contributed by atoms with Crippen LogP contribution in [0.15, 0.2) is 23.3 Å². The maximum atomic E-state index is 12.1. The molecule has 0 saturated heterocycles. The summed E-state index contributed by atoms with van der Waals surface area (Å²) < 4.78 is 0. The highest BCUT2D eigenvalue weighted by Crippen LogP contribution is 2.49. The fourth-order valence-corrected chi connectivity index (χ4v) is 4.52. The maximum Gasteiger partial charge on any atom is 0.335 e.